The molecule has 0 atom stereocenters. The van der Waals surface area contributed by atoms with Crippen molar-refractivity contribution in [3.05, 3.63) is 16.3 Å². The Labute approximate surface area is 132 Å². The number of hydrogen-bond acceptors (Lipinski definition) is 5. The summed E-state index contributed by atoms with van der Waals surface area (Å²) in [5.41, 5.74) is 0. The number of hydrogen-bond donors (Lipinski definition) is 2. The van der Waals surface area contributed by atoms with E-state index < -0.39 is 10.0 Å². The molecule has 1 aromatic rings. The standard InChI is InChI=1S/C14H26N2O3S2/c1-4-8-19-9-5-7-16-21(17,18)14-6-10-20-13(14)11-15-12(2)3/h6,10,12,15-16H,4-5,7-9,11H2,1-3H3. The number of nitrogens with one attached hydrogen (secondary N) is 2. The third kappa shape index (κ3) is 6.88. The SMILES string of the molecule is CCCOCCCNS(=O)(=O)c1ccsc1CNC(C)C. The first-order valence-corrected chi connectivity index (χ1v) is 9.70. The summed E-state index contributed by atoms with van der Waals surface area (Å²) in [5, 5.41) is 5.06. The molecule has 0 fully saturated rings. The van der Waals surface area contributed by atoms with Crippen LogP contribution >= 0.6 is 11.3 Å². The third-order valence-corrected chi connectivity index (χ3v) is 5.37. The van der Waals surface area contributed by atoms with Gasteiger partial charge in [-0.3, -0.25) is 0 Å². The predicted molar refractivity (Wildman–Crippen MR) is 87.2 cm³/mol. The van der Waals surface area contributed by atoms with Gasteiger partial charge >= 0.3 is 0 Å². The largest absolute Gasteiger partial charge is 0.381 e. The van der Waals surface area contributed by atoms with Crippen molar-refractivity contribution in [1.82, 2.24) is 10.0 Å². The zero-order valence-corrected chi connectivity index (χ0v) is 14.6. The quantitative estimate of drug-likeness (QED) is 0.610. The maximum Gasteiger partial charge on any atom is 0.241 e. The molecule has 5 nitrogen and oxygen atoms in total. The van der Waals surface area contributed by atoms with Crippen molar-refractivity contribution in [2.45, 2.75) is 51.1 Å². The fourth-order valence-corrected chi connectivity index (χ4v) is 4.17. The Morgan fingerprint density at radius 2 is 2.10 bits per heavy atom. The smallest absolute Gasteiger partial charge is 0.241 e. The van der Waals surface area contributed by atoms with Crippen LogP contribution in [0, 0.1) is 0 Å². The highest BCUT2D eigenvalue weighted by Crippen LogP contribution is 2.21. The maximum atomic E-state index is 12.3. The molecular formula is C14H26N2O3S2. The first-order valence-electron chi connectivity index (χ1n) is 7.34. The number of rotatable bonds is 11. The molecule has 21 heavy (non-hydrogen) atoms. The van der Waals surface area contributed by atoms with Crippen molar-refractivity contribution < 1.29 is 13.2 Å². The molecule has 0 spiro atoms. The topological polar surface area (TPSA) is 67.4 Å². The van der Waals surface area contributed by atoms with E-state index in [1.807, 2.05) is 26.2 Å². The summed E-state index contributed by atoms with van der Waals surface area (Å²) in [6, 6.07) is 1.99. The van der Waals surface area contributed by atoms with Crippen LogP contribution in [-0.2, 0) is 21.3 Å². The van der Waals surface area contributed by atoms with E-state index in [0.717, 1.165) is 17.9 Å². The molecule has 0 aliphatic heterocycles. The van der Waals surface area contributed by atoms with E-state index in [0.29, 0.717) is 37.1 Å². The Hall–Kier alpha value is -0.470. The lowest BCUT2D eigenvalue weighted by Crippen LogP contribution is -2.27. The Morgan fingerprint density at radius 3 is 2.76 bits per heavy atom. The number of sulfonamides is 1. The maximum absolute atomic E-state index is 12.3. The van der Waals surface area contributed by atoms with Crippen LogP contribution in [0.2, 0.25) is 0 Å². The minimum Gasteiger partial charge on any atom is -0.381 e. The average molecular weight is 335 g/mol. The monoisotopic (exact) mass is 334 g/mol. The molecule has 0 saturated carbocycles. The molecule has 2 N–H and O–H groups in total. The molecule has 0 bridgehead atoms. The van der Waals surface area contributed by atoms with Crippen molar-refractivity contribution >= 4 is 21.4 Å². The van der Waals surface area contributed by atoms with Crippen molar-refractivity contribution in [1.29, 1.82) is 0 Å². The van der Waals surface area contributed by atoms with Crippen LogP contribution < -0.4 is 10.0 Å². The molecule has 0 amide bonds. The molecule has 0 radical (unpaired) electrons. The molecule has 1 aromatic heterocycles. The fourth-order valence-electron chi connectivity index (χ4n) is 1.70. The Kier molecular flexibility index (Phi) is 8.43. The lowest BCUT2D eigenvalue weighted by Gasteiger charge is -2.10. The van der Waals surface area contributed by atoms with Crippen LogP contribution in [0.3, 0.4) is 0 Å². The second-order valence-corrected chi connectivity index (χ2v) is 7.84. The lowest BCUT2D eigenvalue weighted by atomic mass is 10.4. The van der Waals surface area contributed by atoms with Crippen molar-refractivity contribution in [3.8, 4) is 0 Å². The summed E-state index contributed by atoms with van der Waals surface area (Å²) in [7, 11) is -3.42. The molecule has 7 heteroatoms. The van der Waals surface area contributed by atoms with E-state index in [9.17, 15) is 8.42 Å². The first kappa shape index (κ1) is 18.6. The van der Waals surface area contributed by atoms with Crippen molar-refractivity contribution in [3.63, 3.8) is 0 Å². The second-order valence-electron chi connectivity index (χ2n) is 5.11. The van der Waals surface area contributed by atoms with Crippen LogP contribution in [0.25, 0.3) is 0 Å². The van der Waals surface area contributed by atoms with Gasteiger partial charge in [-0.15, -0.1) is 11.3 Å². The van der Waals surface area contributed by atoms with Crippen LogP contribution in [0.15, 0.2) is 16.3 Å². The van der Waals surface area contributed by atoms with Gasteiger partial charge in [-0.05, 0) is 24.3 Å². The summed E-state index contributed by atoms with van der Waals surface area (Å²) >= 11 is 1.46. The van der Waals surface area contributed by atoms with Crippen LogP contribution in [0.4, 0.5) is 0 Å². The predicted octanol–water partition coefficient (Wildman–Crippen LogP) is 2.34. The van der Waals surface area contributed by atoms with E-state index in [4.69, 9.17) is 4.74 Å². The molecule has 1 heterocycles. The van der Waals surface area contributed by atoms with Gasteiger partial charge in [-0.1, -0.05) is 20.8 Å². The minimum atomic E-state index is -3.42. The molecule has 1 rings (SSSR count). The highest BCUT2D eigenvalue weighted by molar-refractivity contribution is 7.89. The number of ether oxygens (including phenoxy) is 1. The third-order valence-electron chi connectivity index (χ3n) is 2.77. The van der Waals surface area contributed by atoms with Gasteiger partial charge in [0, 0.05) is 37.2 Å². The second kappa shape index (κ2) is 9.53. The highest BCUT2D eigenvalue weighted by atomic mass is 32.2. The molecule has 0 unspecified atom stereocenters. The summed E-state index contributed by atoms with van der Waals surface area (Å²) in [6.45, 7) is 8.41. The summed E-state index contributed by atoms with van der Waals surface area (Å²) in [5.74, 6) is 0. The molecule has 0 aromatic carbocycles. The van der Waals surface area contributed by atoms with Crippen molar-refractivity contribution in [2.75, 3.05) is 19.8 Å². The van der Waals surface area contributed by atoms with Gasteiger partial charge in [0.05, 0.1) is 4.90 Å². The van der Waals surface area contributed by atoms with E-state index >= 15 is 0 Å². The van der Waals surface area contributed by atoms with Gasteiger partial charge in [0.15, 0.2) is 0 Å². The highest BCUT2D eigenvalue weighted by Gasteiger charge is 2.19. The fraction of sp³-hybridized carbons (Fsp3) is 0.714. The van der Waals surface area contributed by atoms with E-state index in [1.54, 1.807) is 6.07 Å². The molecule has 122 valence electrons. The van der Waals surface area contributed by atoms with Gasteiger partial charge in [0.25, 0.3) is 0 Å². The lowest BCUT2D eigenvalue weighted by molar-refractivity contribution is 0.133. The van der Waals surface area contributed by atoms with Crippen LogP contribution in [0.5, 0.6) is 0 Å². The first-order chi connectivity index (χ1) is 9.97. The van der Waals surface area contributed by atoms with Crippen molar-refractivity contribution in [2.24, 2.45) is 0 Å². The van der Waals surface area contributed by atoms with E-state index in [2.05, 4.69) is 10.0 Å². The molecule has 0 aliphatic rings. The zero-order chi connectivity index (χ0) is 15.7. The Bertz CT molecular complexity index is 498. The van der Waals surface area contributed by atoms with E-state index in [-0.39, 0.29) is 0 Å². The molecular weight excluding hydrogens is 308 g/mol. The van der Waals surface area contributed by atoms with Gasteiger partial charge in [-0.2, -0.15) is 0 Å². The Balaban J connectivity index is 2.48. The Morgan fingerprint density at radius 1 is 1.33 bits per heavy atom. The van der Waals surface area contributed by atoms with Gasteiger partial charge in [-0.25, -0.2) is 13.1 Å². The minimum absolute atomic E-state index is 0.325. The number of thiophene rings is 1. The van der Waals surface area contributed by atoms with Gasteiger partial charge < -0.3 is 10.1 Å². The van der Waals surface area contributed by atoms with E-state index in [1.165, 1.54) is 11.3 Å². The summed E-state index contributed by atoms with van der Waals surface area (Å²) in [4.78, 5) is 1.23. The van der Waals surface area contributed by atoms with Crippen LogP contribution in [0.1, 0.15) is 38.5 Å². The van der Waals surface area contributed by atoms with Gasteiger partial charge in [0.1, 0.15) is 0 Å². The molecule has 0 aliphatic carbocycles. The summed E-state index contributed by atoms with van der Waals surface area (Å²) < 4.78 is 32.5. The average Bonchev–Trinajstić information content (AvgIpc) is 2.89. The normalized spacial score (nSPS) is 12.2. The van der Waals surface area contributed by atoms with Gasteiger partial charge in [0.2, 0.25) is 10.0 Å². The van der Waals surface area contributed by atoms with Crippen LogP contribution in [-0.4, -0.2) is 34.2 Å². The summed E-state index contributed by atoms with van der Waals surface area (Å²) in [6.07, 6.45) is 1.66. The zero-order valence-electron chi connectivity index (χ0n) is 13.0. The molecule has 0 saturated heterocycles.